The summed E-state index contributed by atoms with van der Waals surface area (Å²) in [7, 11) is 0. The lowest BCUT2D eigenvalue weighted by Crippen LogP contribution is -2.38. The van der Waals surface area contributed by atoms with E-state index in [1.165, 1.54) is 6.08 Å². The Bertz CT molecular complexity index is 1010. The maximum Gasteiger partial charge on any atom is 0.329 e. The number of imide groups is 1. The third-order valence-electron chi connectivity index (χ3n) is 4.50. The van der Waals surface area contributed by atoms with Gasteiger partial charge in [0.2, 0.25) is 5.91 Å². The quantitative estimate of drug-likeness (QED) is 0.502. The van der Waals surface area contributed by atoms with Crippen LogP contribution in [-0.4, -0.2) is 42.5 Å². The number of urea groups is 1. The van der Waals surface area contributed by atoms with Crippen molar-refractivity contribution in [3.05, 3.63) is 59.3 Å². The minimum atomic E-state index is -0.654. The molecule has 31 heavy (non-hydrogen) atoms. The Balaban J connectivity index is 1.74. The first-order valence-electron chi connectivity index (χ1n) is 10.0. The molecule has 2 aromatic carbocycles. The summed E-state index contributed by atoms with van der Waals surface area (Å²) in [6.45, 7) is 6.22. The zero-order valence-corrected chi connectivity index (χ0v) is 17.7. The molecule has 0 aliphatic carbocycles. The lowest BCUT2D eigenvalue weighted by molar-refractivity contribution is -0.127. The third-order valence-corrected chi connectivity index (χ3v) is 4.50. The number of benzene rings is 2. The summed E-state index contributed by atoms with van der Waals surface area (Å²) in [5.74, 6) is 0.118. The van der Waals surface area contributed by atoms with E-state index in [4.69, 9.17) is 9.47 Å². The summed E-state index contributed by atoms with van der Waals surface area (Å²) in [5.41, 5.74) is 2.33. The zero-order valence-electron chi connectivity index (χ0n) is 17.7. The van der Waals surface area contributed by atoms with E-state index in [9.17, 15) is 14.4 Å². The maximum atomic E-state index is 12.7. The molecule has 3 rings (SSSR count). The van der Waals surface area contributed by atoms with E-state index in [0.717, 1.165) is 10.5 Å². The van der Waals surface area contributed by atoms with Gasteiger partial charge in [0.15, 0.2) is 0 Å². The normalized spacial score (nSPS) is 14.5. The van der Waals surface area contributed by atoms with Crippen molar-refractivity contribution in [1.29, 1.82) is 0 Å². The van der Waals surface area contributed by atoms with E-state index in [1.807, 2.05) is 32.9 Å². The van der Waals surface area contributed by atoms with Gasteiger partial charge in [-0.2, -0.15) is 0 Å². The molecule has 0 saturated carbocycles. The topological polar surface area (TPSA) is 97.0 Å². The number of anilines is 1. The van der Waals surface area contributed by atoms with Crippen molar-refractivity contribution < 1.29 is 23.9 Å². The Labute approximate surface area is 180 Å². The Morgan fingerprint density at radius 3 is 2.45 bits per heavy atom. The second-order valence-corrected chi connectivity index (χ2v) is 6.86. The maximum absolute atomic E-state index is 12.7. The molecular weight excluding hydrogens is 398 g/mol. The van der Waals surface area contributed by atoms with Crippen LogP contribution in [0.5, 0.6) is 11.5 Å². The van der Waals surface area contributed by atoms with Crippen LogP contribution in [0.3, 0.4) is 0 Å². The molecule has 1 fully saturated rings. The van der Waals surface area contributed by atoms with Crippen LogP contribution < -0.4 is 20.1 Å². The first-order chi connectivity index (χ1) is 14.9. The highest BCUT2D eigenvalue weighted by Gasteiger charge is 2.35. The van der Waals surface area contributed by atoms with E-state index in [1.54, 1.807) is 30.3 Å². The van der Waals surface area contributed by atoms with Gasteiger partial charge in [-0.15, -0.1) is 0 Å². The molecule has 0 atom stereocenters. The standard InChI is InChI=1S/C23H25N3O5/c1-4-30-18-11-8-16(20(13-18)31-5-2)12-19-22(28)26(23(29)25-19)14-21(27)24-17-9-6-15(3)7-10-17/h6-13H,4-5,14H2,1-3H3,(H,24,27)(H,25,29)/b19-12+. The molecule has 1 aliphatic rings. The smallest absolute Gasteiger partial charge is 0.329 e. The van der Waals surface area contributed by atoms with Gasteiger partial charge in [-0.25, -0.2) is 9.69 Å². The van der Waals surface area contributed by atoms with Gasteiger partial charge in [-0.3, -0.25) is 9.59 Å². The number of hydrogen-bond acceptors (Lipinski definition) is 5. The van der Waals surface area contributed by atoms with Crippen molar-refractivity contribution in [2.24, 2.45) is 0 Å². The molecule has 4 amide bonds. The highest BCUT2D eigenvalue weighted by atomic mass is 16.5. The Kier molecular flexibility index (Phi) is 6.92. The molecule has 2 N–H and O–H groups in total. The molecule has 0 spiro atoms. The third kappa shape index (κ3) is 5.42. The van der Waals surface area contributed by atoms with Crippen molar-refractivity contribution in [1.82, 2.24) is 10.2 Å². The highest BCUT2D eigenvalue weighted by Crippen LogP contribution is 2.28. The van der Waals surface area contributed by atoms with Crippen molar-refractivity contribution >= 4 is 29.6 Å². The minimum Gasteiger partial charge on any atom is -0.494 e. The average Bonchev–Trinajstić information content (AvgIpc) is 2.99. The molecule has 0 bridgehead atoms. The van der Waals surface area contributed by atoms with Crippen LogP contribution in [0.4, 0.5) is 10.5 Å². The number of hydrogen-bond donors (Lipinski definition) is 2. The van der Waals surface area contributed by atoms with Crippen molar-refractivity contribution in [2.75, 3.05) is 25.1 Å². The van der Waals surface area contributed by atoms with E-state index in [0.29, 0.717) is 36.0 Å². The number of amides is 4. The van der Waals surface area contributed by atoms with Gasteiger partial charge in [-0.1, -0.05) is 17.7 Å². The molecule has 162 valence electrons. The van der Waals surface area contributed by atoms with E-state index in [-0.39, 0.29) is 5.70 Å². The van der Waals surface area contributed by atoms with Gasteiger partial charge in [-0.05, 0) is 51.1 Å². The Morgan fingerprint density at radius 2 is 1.77 bits per heavy atom. The number of nitrogens with one attached hydrogen (secondary N) is 2. The Morgan fingerprint density at radius 1 is 1.06 bits per heavy atom. The molecule has 8 nitrogen and oxygen atoms in total. The molecule has 8 heteroatoms. The number of rotatable bonds is 8. The summed E-state index contributed by atoms with van der Waals surface area (Å²) in [6, 6.07) is 11.8. The van der Waals surface area contributed by atoms with Crippen LogP contribution in [0.1, 0.15) is 25.0 Å². The number of aryl methyl sites for hydroxylation is 1. The largest absolute Gasteiger partial charge is 0.494 e. The second-order valence-electron chi connectivity index (χ2n) is 6.86. The summed E-state index contributed by atoms with van der Waals surface area (Å²) >= 11 is 0. The van der Waals surface area contributed by atoms with Crippen LogP contribution >= 0.6 is 0 Å². The number of carbonyl (C=O) groups is 3. The first-order valence-corrected chi connectivity index (χ1v) is 10.0. The predicted octanol–water partition coefficient (Wildman–Crippen LogP) is 3.32. The van der Waals surface area contributed by atoms with Crippen LogP contribution in [-0.2, 0) is 9.59 Å². The summed E-state index contributed by atoms with van der Waals surface area (Å²) in [5, 5.41) is 5.20. The van der Waals surface area contributed by atoms with Gasteiger partial charge in [0.25, 0.3) is 5.91 Å². The van der Waals surface area contributed by atoms with Gasteiger partial charge >= 0.3 is 6.03 Å². The number of ether oxygens (including phenoxy) is 2. The van der Waals surface area contributed by atoms with E-state index < -0.39 is 24.4 Å². The van der Waals surface area contributed by atoms with Crippen LogP contribution in [0.15, 0.2) is 48.2 Å². The zero-order chi connectivity index (χ0) is 22.4. The minimum absolute atomic E-state index is 0.0678. The molecule has 1 aliphatic heterocycles. The SMILES string of the molecule is CCOc1ccc(/C=C2/NC(=O)N(CC(=O)Nc3ccc(C)cc3)C2=O)c(OCC)c1. The molecular formula is C23H25N3O5. The summed E-state index contributed by atoms with van der Waals surface area (Å²) in [4.78, 5) is 38.2. The van der Waals surface area contributed by atoms with E-state index in [2.05, 4.69) is 10.6 Å². The fourth-order valence-electron chi connectivity index (χ4n) is 3.02. The van der Waals surface area contributed by atoms with Gasteiger partial charge in [0.05, 0.1) is 13.2 Å². The lowest BCUT2D eigenvalue weighted by Gasteiger charge is -2.12. The van der Waals surface area contributed by atoms with Gasteiger partial charge in [0, 0.05) is 17.3 Å². The molecule has 0 unspecified atom stereocenters. The fourth-order valence-corrected chi connectivity index (χ4v) is 3.02. The summed E-state index contributed by atoms with van der Waals surface area (Å²) in [6.07, 6.45) is 1.53. The highest BCUT2D eigenvalue weighted by molar-refractivity contribution is 6.16. The first kappa shape index (κ1) is 21.9. The van der Waals surface area contributed by atoms with Crippen LogP contribution in [0.25, 0.3) is 6.08 Å². The van der Waals surface area contributed by atoms with Gasteiger partial charge in [0.1, 0.15) is 23.7 Å². The monoisotopic (exact) mass is 423 g/mol. The second kappa shape index (κ2) is 9.80. The van der Waals surface area contributed by atoms with Crippen molar-refractivity contribution in [3.8, 4) is 11.5 Å². The lowest BCUT2D eigenvalue weighted by atomic mass is 10.1. The predicted molar refractivity (Wildman–Crippen MR) is 117 cm³/mol. The molecule has 0 aromatic heterocycles. The Hall–Kier alpha value is -3.81. The van der Waals surface area contributed by atoms with E-state index >= 15 is 0 Å². The number of nitrogens with zero attached hydrogens (tertiary/aromatic N) is 1. The van der Waals surface area contributed by atoms with Crippen molar-refractivity contribution in [3.63, 3.8) is 0 Å². The van der Waals surface area contributed by atoms with Gasteiger partial charge < -0.3 is 20.1 Å². The molecule has 1 saturated heterocycles. The van der Waals surface area contributed by atoms with Crippen LogP contribution in [0, 0.1) is 6.92 Å². The van der Waals surface area contributed by atoms with Crippen LogP contribution in [0.2, 0.25) is 0 Å². The van der Waals surface area contributed by atoms with Crippen molar-refractivity contribution in [2.45, 2.75) is 20.8 Å². The average molecular weight is 423 g/mol. The fraction of sp³-hybridized carbons (Fsp3) is 0.261. The molecule has 2 aromatic rings. The number of carbonyl (C=O) groups excluding carboxylic acids is 3. The molecule has 0 radical (unpaired) electrons. The summed E-state index contributed by atoms with van der Waals surface area (Å²) < 4.78 is 11.1. The molecule has 1 heterocycles.